The Bertz CT molecular complexity index is 314. The minimum Gasteiger partial charge on any atom is -0.492 e. The standard InChI is InChI=1S/C13H20FNO2/c1-11(16)7-8-15(2)9-10-17-13-5-3-12(14)4-6-13/h3-6,11,16H,7-10H2,1-2H3. The predicted molar refractivity (Wildman–Crippen MR) is 65.7 cm³/mol. The number of ether oxygens (including phenoxy) is 1. The molecule has 1 rings (SSSR count). The third-order valence-corrected chi connectivity index (χ3v) is 2.48. The summed E-state index contributed by atoms with van der Waals surface area (Å²) in [5.41, 5.74) is 0. The molecule has 0 heterocycles. The molecule has 96 valence electrons. The van der Waals surface area contributed by atoms with Crippen molar-refractivity contribution in [2.24, 2.45) is 0 Å². The summed E-state index contributed by atoms with van der Waals surface area (Å²) in [7, 11) is 1.98. The normalized spacial score (nSPS) is 12.8. The Labute approximate surface area is 102 Å². The molecule has 0 saturated heterocycles. The summed E-state index contributed by atoms with van der Waals surface area (Å²) in [6.45, 7) is 3.96. The van der Waals surface area contributed by atoms with Gasteiger partial charge in [0.1, 0.15) is 18.2 Å². The molecule has 0 aliphatic heterocycles. The molecule has 1 aromatic rings. The average molecular weight is 241 g/mol. The van der Waals surface area contributed by atoms with Crippen molar-refractivity contribution in [2.45, 2.75) is 19.4 Å². The first-order valence-corrected chi connectivity index (χ1v) is 5.83. The topological polar surface area (TPSA) is 32.7 Å². The van der Waals surface area contributed by atoms with Crippen LogP contribution >= 0.6 is 0 Å². The number of rotatable bonds is 7. The summed E-state index contributed by atoms with van der Waals surface area (Å²) in [6.07, 6.45) is 0.489. The summed E-state index contributed by atoms with van der Waals surface area (Å²) in [6, 6.07) is 6.00. The Hall–Kier alpha value is -1.13. The molecule has 1 unspecified atom stereocenters. The highest BCUT2D eigenvalue weighted by atomic mass is 19.1. The van der Waals surface area contributed by atoms with Crippen molar-refractivity contribution in [3.05, 3.63) is 30.1 Å². The van der Waals surface area contributed by atoms with Crippen LogP contribution in [-0.2, 0) is 0 Å². The van der Waals surface area contributed by atoms with Crippen molar-refractivity contribution >= 4 is 0 Å². The Balaban J connectivity index is 2.16. The van der Waals surface area contributed by atoms with Crippen molar-refractivity contribution in [1.82, 2.24) is 4.90 Å². The fourth-order valence-corrected chi connectivity index (χ4v) is 1.37. The zero-order valence-corrected chi connectivity index (χ0v) is 10.4. The van der Waals surface area contributed by atoms with Crippen LogP contribution in [0.4, 0.5) is 4.39 Å². The number of nitrogens with zero attached hydrogens (tertiary/aromatic N) is 1. The third kappa shape index (κ3) is 6.24. The number of hydrogen-bond donors (Lipinski definition) is 1. The van der Waals surface area contributed by atoms with Gasteiger partial charge in [0, 0.05) is 13.1 Å². The number of aliphatic hydroxyl groups excluding tert-OH is 1. The van der Waals surface area contributed by atoms with E-state index in [1.807, 2.05) is 7.05 Å². The second-order valence-electron chi connectivity index (χ2n) is 4.24. The average Bonchev–Trinajstić information content (AvgIpc) is 2.29. The maximum absolute atomic E-state index is 12.6. The van der Waals surface area contributed by atoms with E-state index in [9.17, 15) is 4.39 Å². The van der Waals surface area contributed by atoms with Gasteiger partial charge in [0.2, 0.25) is 0 Å². The molecule has 0 radical (unpaired) electrons. The Morgan fingerprint density at radius 2 is 1.94 bits per heavy atom. The zero-order valence-electron chi connectivity index (χ0n) is 10.4. The zero-order chi connectivity index (χ0) is 12.7. The van der Waals surface area contributed by atoms with Gasteiger partial charge in [0.15, 0.2) is 0 Å². The minimum absolute atomic E-state index is 0.258. The molecule has 1 atom stereocenters. The number of aliphatic hydroxyl groups is 1. The quantitative estimate of drug-likeness (QED) is 0.791. The lowest BCUT2D eigenvalue weighted by Gasteiger charge is -2.17. The van der Waals surface area contributed by atoms with Gasteiger partial charge in [-0.3, -0.25) is 0 Å². The van der Waals surface area contributed by atoms with Crippen LogP contribution in [0.1, 0.15) is 13.3 Å². The molecule has 3 nitrogen and oxygen atoms in total. The van der Waals surface area contributed by atoms with Gasteiger partial charge >= 0.3 is 0 Å². The molecule has 0 spiro atoms. The van der Waals surface area contributed by atoms with Crippen LogP contribution in [0.2, 0.25) is 0 Å². The first kappa shape index (κ1) is 13.9. The van der Waals surface area contributed by atoms with Gasteiger partial charge in [0.25, 0.3) is 0 Å². The lowest BCUT2D eigenvalue weighted by Crippen LogP contribution is -2.27. The molecule has 1 N–H and O–H groups in total. The van der Waals surface area contributed by atoms with Crippen LogP contribution in [-0.4, -0.2) is 42.9 Å². The smallest absolute Gasteiger partial charge is 0.123 e. The van der Waals surface area contributed by atoms with Crippen molar-refractivity contribution in [3.63, 3.8) is 0 Å². The van der Waals surface area contributed by atoms with E-state index < -0.39 is 0 Å². The Kier molecular flexibility index (Phi) is 5.94. The highest BCUT2D eigenvalue weighted by Crippen LogP contribution is 2.10. The minimum atomic E-state index is -0.268. The van der Waals surface area contributed by atoms with Crippen LogP contribution in [0.25, 0.3) is 0 Å². The molecule has 0 aliphatic rings. The van der Waals surface area contributed by atoms with Crippen LogP contribution in [0.5, 0.6) is 5.75 Å². The molecule has 0 amide bonds. The third-order valence-electron chi connectivity index (χ3n) is 2.48. The molecule has 0 saturated carbocycles. The first-order chi connectivity index (χ1) is 8.08. The van der Waals surface area contributed by atoms with E-state index in [2.05, 4.69) is 4.90 Å². The van der Waals surface area contributed by atoms with Crippen molar-refractivity contribution in [1.29, 1.82) is 0 Å². The highest BCUT2D eigenvalue weighted by Gasteiger charge is 2.02. The van der Waals surface area contributed by atoms with E-state index in [0.717, 1.165) is 19.5 Å². The van der Waals surface area contributed by atoms with E-state index in [4.69, 9.17) is 9.84 Å². The van der Waals surface area contributed by atoms with Gasteiger partial charge < -0.3 is 14.7 Å². The van der Waals surface area contributed by atoms with E-state index in [1.54, 1.807) is 19.1 Å². The first-order valence-electron chi connectivity index (χ1n) is 5.83. The second-order valence-corrected chi connectivity index (χ2v) is 4.24. The van der Waals surface area contributed by atoms with Gasteiger partial charge in [-0.1, -0.05) is 0 Å². The maximum Gasteiger partial charge on any atom is 0.123 e. The molecule has 0 aromatic heterocycles. The summed E-state index contributed by atoms with van der Waals surface area (Å²) in [5, 5.41) is 9.14. The Morgan fingerprint density at radius 3 is 2.53 bits per heavy atom. The lowest BCUT2D eigenvalue weighted by atomic mass is 10.3. The monoisotopic (exact) mass is 241 g/mol. The van der Waals surface area contributed by atoms with Crippen LogP contribution < -0.4 is 4.74 Å². The summed E-state index contributed by atoms with van der Waals surface area (Å²) in [5.74, 6) is 0.418. The van der Waals surface area contributed by atoms with Gasteiger partial charge in [-0.2, -0.15) is 0 Å². The molecular weight excluding hydrogens is 221 g/mol. The molecule has 0 aliphatic carbocycles. The van der Waals surface area contributed by atoms with Crippen LogP contribution in [0, 0.1) is 5.82 Å². The largest absolute Gasteiger partial charge is 0.492 e. The molecule has 17 heavy (non-hydrogen) atoms. The van der Waals surface area contributed by atoms with E-state index in [0.29, 0.717) is 12.4 Å². The number of benzene rings is 1. The summed E-state index contributed by atoms with van der Waals surface area (Å²) in [4.78, 5) is 2.09. The van der Waals surface area contributed by atoms with E-state index >= 15 is 0 Å². The van der Waals surface area contributed by atoms with Gasteiger partial charge in [-0.05, 0) is 44.7 Å². The van der Waals surface area contributed by atoms with Crippen LogP contribution in [0.3, 0.4) is 0 Å². The maximum atomic E-state index is 12.6. The van der Waals surface area contributed by atoms with E-state index in [-0.39, 0.29) is 11.9 Å². The SMILES string of the molecule is CC(O)CCN(C)CCOc1ccc(F)cc1. The van der Waals surface area contributed by atoms with Gasteiger partial charge in [-0.15, -0.1) is 0 Å². The second kappa shape index (κ2) is 7.25. The summed E-state index contributed by atoms with van der Waals surface area (Å²) >= 11 is 0. The van der Waals surface area contributed by atoms with Crippen molar-refractivity contribution in [3.8, 4) is 5.75 Å². The Morgan fingerprint density at radius 1 is 1.29 bits per heavy atom. The van der Waals surface area contributed by atoms with Crippen molar-refractivity contribution < 1.29 is 14.2 Å². The molecule has 4 heteroatoms. The fourth-order valence-electron chi connectivity index (χ4n) is 1.37. The van der Waals surface area contributed by atoms with Gasteiger partial charge in [-0.25, -0.2) is 4.39 Å². The molecule has 0 bridgehead atoms. The van der Waals surface area contributed by atoms with E-state index in [1.165, 1.54) is 12.1 Å². The number of hydrogen-bond acceptors (Lipinski definition) is 3. The number of halogens is 1. The van der Waals surface area contributed by atoms with Crippen molar-refractivity contribution in [2.75, 3.05) is 26.7 Å². The number of likely N-dealkylation sites (N-methyl/N-ethyl adjacent to an activating group) is 1. The van der Waals surface area contributed by atoms with Gasteiger partial charge in [0.05, 0.1) is 6.10 Å². The molecule has 1 aromatic carbocycles. The lowest BCUT2D eigenvalue weighted by molar-refractivity contribution is 0.157. The fraction of sp³-hybridized carbons (Fsp3) is 0.538. The molecule has 0 fully saturated rings. The highest BCUT2D eigenvalue weighted by molar-refractivity contribution is 5.21. The summed E-state index contributed by atoms with van der Waals surface area (Å²) < 4.78 is 18.1. The predicted octanol–water partition coefficient (Wildman–Crippen LogP) is 1.91. The van der Waals surface area contributed by atoms with Crippen LogP contribution in [0.15, 0.2) is 24.3 Å². The molecular formula is C13H20FNO2.